The summed E-state index contributed by atoms with van der Waals surface area (Å²) in [6.45, 7) is 0. The minimum Gasteiger partial charge on any atom is -0.497 e. The van der Waals surface area contributed by atoms with Crippen LogP contribution in [0.4, 0.5) is 5.69 Å². The number of carbonyl (C=O) groups is 3. The number of nitrogens with zero attached hydrogens (tertiary/aromatic N) is 1. The predicted octanol–water partition coefficient (Wildman–Crippen LogP) is 5.61. The van der Waals surface area contributed by atoms with E-state index < -0.39 is 5.91 Å². The summed E-state index contributed by atoms with van der Waals surface area (Å²) in [4.78, 5) is 38.5. The quantitative estimate of drug-likeness (QED) is 0.182. The highest BCUT2D eigenvalue weighted by molar-refractivity contribution is 8.22. The molecule has 0 saturated heterocycles. The van der Waals surface area contributed by atoms with Gasteiger partial charge in [0.15, 0.2) is 11.6 Å². The molecular formula is C28H24N2O5S2. The standard InChI is InChI=1S/C28H24N2O5S2/c1-34-22-12-8-19(9-13-22)25(31)17-36-28(24(16-29)27(33)30-21-6-4-3-5-7-21)37-18-26(32)20-10-14-23(35-2)15-11-20/h3-15H,17-18H2,1-2H3,(H,30,33). The fraction of sp³-hybridized carbons (Fsp3) is 0.143. The highest BCUT2D eigenvalue weighted by Crippen LogP contribution is 2.33. The Balaban J connectivity index is 1.80. The molecule has 0 atom stereocenters. The normalized spacial score (nSPS) is 10.1. The lowest BCUT2D eigenvalue weighted by Crippen LogP contribution is -2.15. The maximum absolute atomic E-state index is 12.9. The second-order valence-corrected chi connectivity index (χ2v) is 9.70. The molecule has 9 heteroatoms. The van der Waals surface area contributed by atoms with Crippen LogP contribution >= 0.6 is 23.5 Å². The Morgan fingerprint density at radius 1 is 0.757 bits per heavy atom. The number of anilines is 1. The van der Waals surface area contributed by atoms with Gasteiger partial charge in [0.2, 0.25) is 0 Å². The number of nitrogens with one attached hydrogen (secondary N) is 1. The molecule has 188 valence electrons. The van der Waals surface area contributed by atoms with E-state index in [1.54, 1.807) is 72.8 Å². The Hall–Kier alpha value is -4.00. The van der Waals surface area contributed by atoms with Gasteiger partial charge in [-0.05, 0) is 60.7 Å². The molecule has 0 heterocycles. The van der Waals surface area contributed by atoms with Gasteiger partial charge in [-0.25, -0.2) is 0 Å². The maximum Gasteiger partial charge on any atom is 0.268 e. The fourth-order valence-corrected chi connectivity index (χ4v) is 5.18. The van der Waals surface area contributed by atoms with Gasteiger partial charge in [0.25, 0.3) is 5.91 Å². The zero-order chi connectivity index (χ0) is 26.6. The topological polar surface area (TPSA) is 105 Å². The third kappa shape index (κ3) is 8.00. The number of hydrogen-bond acceptors (Lipinski definition) is 8. The van der Waals surface area contributed by atoms with Crippen LogP contribution in [0.5, 0.6) is 11.5 Å². The van der Waals surface area contributed by atoms with Gasteiger partial charge < -0.3 is 14.8 Å². The Kier molecular flexibility index (Phi) is 10.4. The Bertz CT molecular complexity index is 1250. The zero-order valence-electron chi connectivity index (χ0n) is 20.2. The molecule has 3 rings (SSSR count). The molecule has 0 aliphatic heterocycles. The Morgan fingerprint density at radius 2 is 1.22 bits per heavy atom. The van der Waals surface area contributed by atoms with Crippen LogP contribution < -0.4 is 14.8 Å². The molecule has 7 nitrogen and oxygen atoms in total. The lowest BCUT2D eigenvalue weighted by Gasteiger charge is -2.11. The first-order valence-corrected chi connectivity index (χ1v) is 13.0. The summed E-state index contributed by atoms with van der Waals surface area (Å²) < 4.78 is 10.5. The van der Waals surface area contributed by atoms with E-state index in [9.17, 15) is 19.6 Å². The van der Waals surface area contributed by atoms with Crippen molar-refractivity contribution < 1.29 is 23.9 Å². The molecular weight excluding hydrogens is 508 g/mol. The number of rotatable bonds is 12. The number of hydrogen-bond donors (Lipinski definition) is 1. The number of carbonyl (C=O) groups excluding carboxylic acids is 3. The van der Waals surface area contributed by atoms with Gasteiger partial charge in [0, 0.05) is 16.8 Å². The monoisotopic (exact) mass is 532 g/mol. The average molecular weight is 533 g/mol. The van der Waals surface area contributed by atoms with E-state index in [0.29, 0.717) is 32.6 Å². The Labute approximate surface area is 223 Å². The van der Waals surface area contributed by atoms with Crippen molar-refractivity contribution in [3.63, 3.8) is 0 Å². The molecule has 1 amide bonds. The van der Waals surface area contributed by atoms with Crippen LogP contribution in [0.25, 0.3) is 0 Å². The summed E-state index contributed by atoms with van der Waals surface area (Å²) in [6, 6.07) is 24.0. The maximum atomic E-state index is 12.9. The van der Waals surface area contributed by atoms with E-state index in [2.05, 4.69) is 5.32 Å². The summed E-state index contributed by atoms with van der Waals surface area (Å²) >= 11 is 2.11. The molecule has 1 N–H and O–H groups in total. The fourth-order valence-electron chi connectivity index (χ4n) is 3.07. The molecule has 0 aliphatic carbocycles. The molecule has 3 aromatic carbocycles. The SMILES string of the molecule is COc1ccc(C(=O)CSC(SCC(=O)c2ccc(OC)cc2)=C(C#N)C(=O)Nc2ccccc2)cc1. The number of methoxy groups -OCH3 is 2. The molecule has 37 heavy (non-hydrogen) atoms. The van der Waals surface area contributed by atoms with Crippen LogP contribution in [0, 0.1) is 11.3 Å². The lowest BCUT2D eigenvalue weighted by molar-refractivity contribution is -0.112. The van der Waals surface area contributed by atoms with Crippen molar-refractivity contribution in [2.45, 2.75) is 0 Å². The van der Waals surface area contributed by atoms with Gasteiger partial charge in [-0.1, -0.05) is 18.2 Å². The second kappa shape index (κ2) is 13.9. The van der Waals surface area contributed by atoms with E-state index in [1.807, 2.05) is 12.1 Å². The van der Waals surface area contributed by atoms with E-state index in [4.69, 9.17) is 9.47 Å². The van der Waals surface area contributed by atoms with Gasteiger partial charge in [-0.15, -0.1) is 23.5 Å². The van der Waals surface area contributed by atoms with Crippen molar-refractivity contribution in [2.24, 2.45) is 0 Å². The molecule has 0 aliphatic rings. The number of para-hydroxylation sites is 1. The van der Waals surface area contributed by atoms with Crippen LogP contribution in [0.15, 0.2) is 88.7 Å². The van der Waals surface area contributed by atoms with Crippen LogP contribution in [0.3, 0.4) is 0 Å². The number of ketones is 2. The van der Waals surface area contributed by atoms with Crippen LogP contribution in [-0.4, -0.2) is 43.2 Å². The summed E-state index contributed by atoms with van der Waals surface area (Å²) in [5.41, 5.74) is 1.31. The van der Waals surface area contributed by atoms with Gasteiger partial charge in [-0.3, -0.25) is 14.4 Å². The van der Waals surface area contributed by atoms with Gasteiger partial charge in [-0.2, -0.15) is 5.26 Å². The highest BCUT2D eigenvalue weighted by atomic mass is 32.2. The van der Waals surface area contributed by atoms with E-state index >= 15 is 0 Å². The molecule has 3 aromatic rings. The smallest absolute Gasteiger partial charge is 0.268 e. The summed E-state index contributed by atoms with van der Waals surface area (Å²) in [6.07, 6.45) is 0. The largest absolute Gasteiger partial charge is 0.497 e. The van der Waals surface area contributed by atoms with E-state index in [1.165, 1.54) is 14.2 Å². The van der Waals surface area contributed by atoms with Crippen molar-refractivity contribution in [3.05, 3.63) is 99.8 Å². The molecule has 0 spiro atoms. The van der Waals surface area contributed by atoms with Crippen LogP contribution in [-0.2, 0) is 4.79 Å². The zero-order valence-corrected chi connectivity index (χ0v) is 21.9. The number of benzene rings is 3. The number of Topliss-reactive ketones (excluding diaryl/α,β-unsaturated/α-hetero) is 2. The third-order valence-electron chi connectivity index (χ3n) is 5.07. The third-order valence-corrected chi connectivity index (χ3v) is 7.52. The summed E-state index contributed by atoms with van der Waals surface area (Å²) in [5, 5.41) is 12.5. The minimum atomic E-state index is -0.613. The van der Waals surface area contributed by atoms with Crippen LogP contribution in [0.1, 0.15) is 20.7 Å². The predicted molar refractivity (Wildman–Crippen MR) is 147 cm³/mol. The van der Waals surface area contributed by atoms with Gasteiger partial charge in [0.1, 0.15) is 23.1 Å². The average Bonchev–Trinajstić information content (AvgIpc) is 2.94. The first-order valence-electron chi connectivity index (χ1n) is 11.1. The van der Waals surface area contributed by atoms with Crippen LogP contribution in [0.2, 0.25) is 0 Å². The number of ether oxygens (including phenoxy) is 2. The van der Waals surface area contributed by atoms with Crippen molar-refractivity contribution in [1.29, 1.82) is 5.26 Å². The first-order chi connectivity index (χ1) is 17.9. The summed E-state index contributed by atoms with van der Waals surface area (Å²) in [7, 11) is 3.08. The van der Waals surface area contributed by atoms with Gasteiger partial charge >= 0.3 is 0 Å². The van der Waals surface area contributed by atoms with Crippen molar-refractivity contribution in [1.82, 2.24) is 0 Å². The van der Waals surface area contributed by atoms with Crippen molar-refractivity contribution in [3.8, 4) is 17.6 Å². The molecule has 0 radical (unpaired) electrons. The van der Waals surface area contributed by atoms with Crippen molar-refractivity contribution in [2.75, 3.05) is 31.0 Å². The number of thioether (sulfide) groups is 2. The second-order valence-electron chi connectivity index (χ2n) is 7.48. The molecule has 0 fully saturated rings. The molecule has 0 aromatic heterocycles. The first kappa shape index (κ1) is 27.6. The molecule has 0 unspecified atom stereocenters. The molecule has 0 saturated carbocycles. The van der Waals surface area contributed by atoms with Gasteiger partial charge in [0.05, 0.1) is 30.0 Å². The van der Waals surface area contributed by atoms with Crippen molar-refractivity contribution >= 4 is 46.7 Å². The van der Waals surface area contributed by atoms with E-state index in [0.717, 1.165) is 23.5 Å². The van der Waals surface area contributed by atoms with E-state index in [-0.39, 0.29) is 28.6 Å². The minimum absolute atomic E-state index is 0.0187. The Morgan fingerprint density at radius 3 is 1.62 bits per heavy atom. The highest BCUT2D eigenvalue weighted by Gasteiger charge is 2.20. The summed E-state index contributed by atoms with van der Waals surface area (Å²) in [5.74, 6) is 0.228. The number of nitriles is 1. The molecule has 0 bridgehead atoms. The lowest BCUT2D eigenvalue weighted by atomic mass is 10.1. The number of amides is 1.